The van der Waals surface area contributed by atoms with E-state index in [4.69, 9.17) is 0 Å². The normalized spacial score (nSPS) is 32.9. The summed E-state index contributed by atoms with van der Waals surface area (Å²) in [4.78, 5) is 0. The van der Waals surface area contributed by atoms with Crippen molar-refractivity contribution in [2.45, 2.75) is 77.4 Å². The van der Waals surface area contributed by atoms with E-state index in [1.165, 1.54) is 32.1 Å². The lowest BCUT2D eigenvalue weighted by Gasteiger charge is -2.25. The summed E-state index contributed by atoms with van der Waals surface area (Å²) in [6.45, 7) is -0.355. The molecule has 0 aliphatic heterocycles. The van der Waals surface area contributed by atoms with Crippen LogP contribution in [0.15, 0.2) is 12.2 Å². The zero-order chi connectivity index (χ0) is 15.8. The van der Waals surface area contributed by atoms with Crippen LogP contribution in [0.2, 0.25) is 0 Å². The fourth-order valence-corrected chi connectivity index (χ4v) is 3.63. The van der Waals surface area contributed by atoms with E-state index in [2.05, 4.69) is 29.6 Å². The molecule has 2 fully saturated rings. The molecule has 0 N–H and O–H groups in total. The van der Waals surface area contributed by atoms with Gasteiger partial charge in [-0.25, -0.2) is 0 Å². The average Bonchev–Trinajstić information content (AvgIpc) is 2.53. The Labute approximate surface area is 133 Å². The highest BCUT2D eigenvalue weighted by atomic mass is 19.3. The van der Waals surface area contributed by atoms with Crippen molar-refractivity contribution < 1.29 is 13.5 Å². The summed E-state index contributed by atoms with van der Waals surface area (Å²) in [5.74, 6) is 8.42. The molecule has 124 valence electrons. The minimum Gasteiger partial charge on any atom is -0.320 e. The topological polar surface area (TPSA) is 9.23 Å². The molecule has 2 aliphatic carbocycles. The molecule has 0 aromatic rings. The van der Waals surface area contributed by atoms with Gasteiger partial charge in [-0.05, 0) is 69.3 Å². The number of alkyl halides is 2. The maximum Gasteiger partial charge on any atom is 0.345 e. The summed E-state index contributed by atoms with van der Waals surface area (Å²) < 4.78 is 28.8. The van der Waals surface area contributed by atoms with Crippen LogP contribution in [-0.4, -0.2) is 12.7 Å². The number of ether oxygens (including phenoxy) is 1. The molecular weight excluding hydrogens is 282 g/mol. The van der Waals surface area contributed by atoms with Crippen LogP contribution in [0.25, 0.3) is 0 Å². The van der Waals surface area contributed by atoms with Gasteiger partial charge in [0.05, 0.1) is 6.10 Å². The molecule has 3 heteroatoms. The molecule has 0 aromatic heterocycles. The largest absolute Gasteiger partial charge is 0.345 e. The Morgan fingerprint density at radius 1 is 1.05 bits per heavy atom. The maximum absolute atomic E-state index is 12.1. The van der Waals surface area contributed by atoms with E-state index in [1.807, 2.05) is 6.08 Å². The van der Waals surface area contributed by atoms with Crippen molar-refractivity contribution in [3.8, 4) is 11.8 Å². The molecule has 2 rings (SSSR count). The van der Waals surface area contributed by atoms with Crippen molar-refractivity contribution in [1.82, 2.24) is 0 Å². The first-order valence-corrected chi connectivity index (χ1v) is 8.78. The molecule has 1 nitrogen and oxygen atoms in total. The first kappa shape index (κ1) is 17.5. The van der Waals surface area contributed by atoms with Crippen LogP contribution >= 0.6 is 0 Å². The Morgan fingerprint density at radius 3 is 2.32 bits per heavy atom. The summed E-state index contributed by atoms with van der Waals surface area (Å²) >= 11 is 0. The molecule has 0 unspecified atom stereocenters. The van der Waals surface area contributed by atoms with Gasteiger partial charge in [0.1, 0.15) is 0 Å². The Bertz CT molecular complexity index is 391. The first-order chi connectivity index (χ1) is 10.7. The third-order valence-corrected chi connectivity index (χ3v) is 5.18. The van der Waals surface area contributed by atoms with Crippen molar-refractivity contribution in [3.05, 3.63) is 12.2 Å². The van der Waals surface area contributed by atoms with Gasteiger partial charge >= 0.3 is 6.61 Å². The molecular formula is C19H28F2O. The van der Waals surface area contributed by atoms with Gasteiger partial charge in [-0.3, -0.25) is 0 Å². The Kier molecular flexibility index (Phi) is 7.39. The Morgan fingerprint density at radius 2 is 1.73 bits per heavy atom. The second-order valence-corrected chi connectivity index (χ2v) is 6.71. The quantitative estimate of drug-likeness (QED) is 0.618. The molecule has 0 radical (unpaired) electrons. The predicted octanol–water partition coefficient (Wildman–Crippen LogP) is 5.56. The predicted molar refractivity (Wildman–Crippen MR) is 85.5 cm³/mol. The van der Waals surface area contributed by atoms with E-state index in [9.17, 15) is 8.78 Å². The number of hydrogen-bond acceptors (Lipinski definition) is 1. The summed E-state index contributed by atoms with van der Waals surface area (Å²) in [6, 6.07) is 0. The van der Waals surface area contributed by atoms with E-state index in [0.717, 1.165) is 18.8 Å². The highest BCUT2D eigenvalue weighted by Gasteiger charge is 2.22. The molecule has 0 aromatic carbocycles. The molecule has 0 bridgehead atoms. The maximum atomic E-state index is 12.1. The lowest BCUT2D eigenvalue weighted by Crippen LogP contribution is -2.23. The van der Waals surface area contributed by atoms with Gasteiger partial charge in [0, 0.05) is 5.92 Å². The smallest absolute Gasteiger partial charge is 0.320 e. The van der Waals surface area contributed by atoms with Crippen molar-refractivity contribution in [2.75, 3.05) is 0 Å². The summed E-state index contributed by atoms with van der Waals surface area (Å²) in [5, 5.41) is 0. The van der Waals surface area contributed by atoms with Gasteiger partial charge in [-0.2, -0.15) is 8.78 Å². The van der Waals surface area contributed by atoms with Gasteiger partial charge in [-0.15, -0.1) is 0 Å². The molecule has 2 saturated carbocycles. The summed E-state index contributed by atoms with van der Waals surface area (Å²) in [5.41, 5.74) is 0. The van der Waals surface area contributed by atoms with Crippen LogP contribution in [0.1, 0.15) is 64.7 Å². The zero-order valence-electron chi connectivity index (χ0n) is 13.6. The molecule has 0 heterocycles. The Hall–Kier alpha value is -0.880. The third-order valence-electron chi connectivity index (χ3n) is 5.18. The van der Waals surface area contributed by atoms with Gasteiger partial charge < -0.3 is 4.74 Å². The van der Waals surface area contributed by atoms with E-state index in [-0.39, 0.29) is 6.10 Å². The Balaban J connectivity index is 1.66. The van der Waals surface area contributed by atoms with E-state index < -0.39 is 6.61 Å². The van der Waals surface area contributed by atoms with Gasteiger partial charge in [0.15, 0.2) is 0 Å². The van der Waals surface area contributed by atoms with Crippen molar-refractivity contribution in [2.24, 2.45) is 17.8 Å². The van der Waals surface area contributed by atoms with Crippen LogP contribution in [0.4, 0.5) is 8.78 Å². The number of rotatable bonds is 4. The SMILES string of the molecule is CCC1CCC(C=CC#CC2CCC(OC(F)F)CC2)CC1. The highest BCUT2D eigenvalue weighted by molar-refractivity contribution is 5.18. The van der Waals surface area contributed by atoms with E-state index in [1.54, 1.807) is 0 Å². The molecule has 2 aliphatic rings. The number of halogens is 2. The molecule has 0 spiro atoms. The van der Waals surface area contributed by atoms with Crippen LogP contribution in [0.3, 0.4) is 0 Å². The molecule has 0 amide bonds. The second kappa shape index (κ2) is 9.30. The van der Waals surface area contributed by atoms with Gasteiger partial charge in [0.2, 0.25) is 0 Å². The molecule has 22 heavy (non-hydrogen) atoms. The second-order valence-electron chi connectivity index (χ2n) is 6.71. The fraction of sp³-hybridized carbons (Fsp3) is 0.789. The van der Waals surface area contributed by atoms with Crippen molar-refractivity contribution in [1.29, 1.82) is 0 Å². The van der Waals surface area contributed by atoms with Crippen molar-refractivity contribution >= 4 is 0 Å². The van der Waals surface area contributed by atoms with Crippen LogP contribution in [-0.2, 0) is 4.74 Å². The van der Waals surface area contributed by atoms with Crippen molar-refractivity contribution in [3.63, 3.8) is 0 Å². The molecule has 0 atom stereocenters. The minimum atomic E-state index is -2.64. The van der Waals surface area contributed by atoms with Crippen LogP contribution in [0.5, 0.6) is 0 Å². The minimum absolute atomic E-state index is 0.276. The van der Waals surface area contributed by atoms with E-state index >= 15 is 0 Å². The number of allylic oxidation sites excluding steroid dienone is 2. The van der Waals surface area contributed by atoms with Crippen LogP contribution < -0.4 is 0 Å². The van der Waals surface area contributed by atoms with E-state index in [0.29, 0.717) is 24.7 Å². The average molecular weight is 310 g/mol. The first-order valence-electron chi connectivity index (χ1n) is 8.78. The van der Waals surface area contributed by atoms with Crippen LogP contribution in [0, 0.1) is 29.6 Å². The highest BCUT2D eigenvalue weighted by Crippen LogP contribution is 2.31. The zero-order valence-corrected chi connectivity index (χ0v) is 13.6. The lowest BCUT2D eigenvalue weighted by molar-refractivity contribution is -0.170. The standard InChI is InChI=1S/C19H28F2O/c1-2-15-7-9-16(10-8-15)5-3-4-6-17-11-13-18(14-12-17)22-19(20)21/h3,5,15-19H,2,7-14H2,1H3. The van der Waals surface area contributed by atoms with Gasteiger partial charge in [-0.1, -0.05) is 31.3 Å². The summed E-state index contributed by atoms with van der Waals surface area (Å²) in [7, 11) is 0. The fourth-order valence-electron chi connectivity index (χ4n) is 3.63. The molecule has 0 saturated heterocycles. The monoisotopic (exact) mass is 310 g/mol. The summed E-state index contributed by atoms with van der Waals surface area (Å²) in [6.07, 6.45) is 13.8. The lowest BCUT2D eigenvalue weighted by atomic mass is 9.81. The third kappa shape index (κ3) is 6.08. The number of hydrogen-bond donors (Lipinski definition) is 0. The van der Waals surface area contributed by atoms with Gasteiger partial charge in [0.25, 0.3) is 0 Å².